The van der Waals surface area contributed by atoms with Crippen LogP contribution in [0.5, 0.6) is 0 Å². The van der Waals surface area contributed by atoms with Crippen LogP contribution in [-0.2, 0) is 17.4 Å². The smallest absolute Gasteiger partial charge is 0.368 e. The molecule has 1 N–H and O–H groups in total. The van der Waals surface area contributed by atoms with Gasteiger partial charge in [0.25, 0.3) is 0 Å². The molecule has 2 aliphatic heterocycles. The minimum Gasteiger partial charge on any atom is -0.368 e. The van der Waals surface area contributed by atoms with Crippen LogP contribution in [0.1, 0.15) is 29.7 Å². The lowest BCUT2D eigenvalue weighted by Crippen LogP contribution is -2.61. The predicted molar refractivity (Wildman–Crippen MR) is 131 cm³/mol. The fraction of sp³-hybridized carbons (Fsp3) is 0.321. The van der Waals surface area contributed by atoms with Gasteiger partial charge in [0.15, 0.2) is 0 Å². The molecule has 1 fully saturated rings. The first-order chi connectivity index (χ1) is 16.8. The van der Waals surface area contributed by atoms with Crippen molar-refractivity contribution < 1.29 is 18.0 Å². The molecule has 1 saturated heterocycles. The molecule has 3 aromatic rings. The molecular weight excluding hydrogens is 451 g/mol. The number of benzene rings is 3. The fourth-order valence-corrected chi connectivity index (χ4v) is 5.32. The fourth-order valence-electron chi connectivity index (χ4n) is 5.32. The third kappa shape index (κ3) is 4.72. The number of amides is 1. The molecule has 5 rings (SSSR count). The van der Waals surface area contributed by atoms with E-state index in [-0.39, 0.29) is 24.4 Å². The molecule has 2 aliphatic rings. The Hall–Kier alpha value is -3.48. The van der Waals surface area contributed by atoms with Crippen LogP contribution in [0.4, 0.5) is 24.5 Å². The summed E-state index contributed by atoms with van der Waals surface area (Å²) in [6, 6.07) is 23.3. The first-order valence-corrected chi connectivity index (χ1v) is 11.9. The van der Waals surface area contributed by atoms with Crippen LogP contribution in [0.3, 0.4) is 0 Å². The molecule has 35 heavy (non-hydrogen) atoms. The lowest BCUT2D eigenvalue weighted by molar-refractivity contribution is -0.137. The zero-order valence-corrected chi connectivity index (χ0v) is 19.5. The van der Waals surface area contributed by atoms with Gasteiger partial charge in [0.2, 0.25) is 5.91 Å². The molecule has 0 bridgehead atoms. The van der Waals surface area contributed by atoms with Crippen molar-refractivity contribution in [3.63, 3.8) is 0 Å². The number of hydrogen-bond donors (Lipinski definition) is 1. The second-order valence-electron chi connectivity index (χ2n) is 9.34. The maximum absolute atomic E-state index is 13.6. The molecule has 0 aliphatic carbocycles. The number of nitrogens with zero attached hydrogens (tertiary/aromatic N) is 2. The van der Waals surface area contributed by atoms with E-state index in [1.54, 1.807) is 6.07 Å². The number of fused-ring (bicyclic) bond motifs is 3. The summed E-state index contributed by atoms with van der Waals surface area (Å²) in [6.45, 7) is 3.93. The van der Waals surface area contributed by atoms with Crippen molar-refractivity contribution in [2.45, 2.75) is 31.6 Å². The summed E-state index contributed by atoms with van der Waals surface area (Å²) >= 11 is 0. The van der Waals surface area contributed by atoms with E-state index in [2.05, 4.69) is 27.2 Å². The molecule has 3 aromatic carbocycles. The lowest BCUT2D eigenvalue weighted by Gasteiger charge is -2.50. The van der Waals surface area contributed by atoms with E-state index in [0.29, 0.717) is 18.7 Å². The molecule has 182 valence electrons. The standard InChI is InChI=1S/C28H28F3N3O/c1-19(20-8-4-2-5-9-20)32-27(35)24-17-21-16-22(28(29,30)31)12-13-25(21)34-15-14-33(18-26(24)34)23-10-6-3-7-11-23/h2-13,16,19,24,26H,14-15,17-18H2,1H3,(H,32,35)/t19-,24+,26+/m0/s1. The maximum Gasteiger partial charge on any atom is 0.416 e. The molecule has 0 aromatic heterocycles. The van der Waals surface area contributed by atoms with Crippen molar-refractivity contribution in [3.05, 3.63) is 95.6 Å². The average Bonchev–Trinajstić information content (AvgIpc) is 2.88. The summed E-state index contributed by atoms with van der Waals surface area (Å²) in [5.74, 6) is -0.599. The number of halogens is 3. The van der Waals surface area contributed by atoms with Gasteiger partial charge in [-0.1, -0.05) is 48.5 Å². The van der Waals surface area contributed by atoms with Crippen molar-refractivity contribution in [3.8, 4) is 0 Å². The molecule has 2 heterocycles. The van der Waals surface area contributed by atoms with Crippen molar-refractivity contribution in [1.82, 2.24) is 5.32 Å². The number of carbonyl (C=O) groups excluding carboxylic acids is 1. The summed E-state index contributed by atoms with van der Waals surface area (Å²) in [5.41, 5.74) is 2.78. The van der Waals surface area contributed by atoms with Gasteiger partial charge >= 0.3 is 6.18 Å². The molecule has 0 spiro atoms. The van der Waals surface area contributed by atoms with Gasteiger partial charge in [-0.25, -0.2) is 0 Å². The summed E-state index contributed by atoms with van der Waals surface area (Å²) < 4.78 is 40.3. The minimum absolute atomic E-state index is 0.130. The number of alkyl halides is 3. The van der Waals surface area contributed by atoms with Crippen LogP contribution in [0.25, 0.3) is 0 Å². The average molecular weight is 480 g/mol. The van der Waals surface area contributed by atoms with E-state index in [4.69, 9.17) is 0 Å². The van der Waals surface area contributed by atoms with E-state index < -0.39 is 17.7 Å². The highest BCUT2D eigenvalue weighted by molar-refractivity contribution is 5.83. The molecule has 7 heteroatoms. The number of rotatable bonds is 4. The number of carbonyl (C=O) groups is 1. The highest BCUT2D eigenvalue weighted by Gasteiger charge is 2.43. The van der Waals surface area contributed by atoms with Gasteiger partial charge in [0.1, 0.15) is 0 Å². The molecule has 4 nitrogen and oxygen atoms in total. The van der Waals surface area contributed by atoms with E-state index >= 15 is 0 Å². The zero-order chi connectivity index (χ0) is 24.6. The Bertz CT molecular complexity index is 1180. The van der Waals surface area contributed by atoms with Gasteiger partial charge in [-0.3, -0.25) is 4.79 Å². The maximum atomic E-state index is 13.6. The SMILES string of the molecule is C[C@H](NC(=O)[C@@H]1Cc2cc(C(F)(F)F)ccc2N2CCN(c3ccccc3)C[C@H]12)c1ccccc1. The summed E-state index contributed by atoms with van der Waals surface area (Å²) in [4.78, 5) is 18.0. The van der Waals surface area contributed by atoms with Crippen molar-refractivity contribution in [2.24, 2.45) is 5.92 Å². The van der Waals surface area contributed by atoms with Crippen LogP contribution in [0.2, 0.25) is 0 Å². The zero-order valence-electron chi connectivity index (χ0n) is 19.5. The van der Waals surface area contributed by atoms with E-state index in [0.717, 1.165) is 29.5 Å². The Morgan fingerprint density at radius 2 is 1.66 bits per heavy atom. The number of nitrogens with one attached hydrogen (secondary N) is 1. The van der Waals surface area contributed by atoms with Gasteiger partial charge in [-0.05, 0) is 54.8 Å². The Morgan fingerprint density at radius 3 is 2.34 bits per heavy atom. The number of piperazine rings is 1. The highest BCUT2D eigenvalue weighted by atomic mass is 19.4. The van der Waals surface area contributed by atoms with Crippen molar-refractivity contribution >= 4 is 17.3 Å². The van der Waals surface area contributed by atoms with Crippen LogP contribution in [-0.4, -0.2) is 31.6 Å². The molecular formula is C28H28F3N3O. The van der Waals surface area contributed by atoms with Gasteiger partial charge in [0.05, 0.1) is 23.6 Å². The van der Waals surface area contributed by atoms with Crippen LogP contribution < -0.4 is 15.1 Å². The third-order valence-corrected chi connectivity index (χ3v) is 7.16. The largest absolute Gasteiger partial charge is 0.416 e. The Balaban J connectivity index is 1.46. The highest BCUT2D eigenvalue weighted by Crippen LogP contribution is 2.40. The van der Waals surface area contributed by atoms with Crippen LogP contribution in [0, 0.1) is 5.92 Å². The quantitative estimate of drug-likeness (QED) is 0.541. The third-order valence-electron chi connectivity index (χ3n) is 7.16. The van der Waals surface area contributed by atoms with Crippen molar-refractivity contribution in [2.75, 3.05) is 29.4 Å². The summed E-state index contributed by atoms with van der Waals surface area (Å²) in [5, 5.41) is 3.12. The minimum atomic E-state index is -4.42. The van der Waals surface area contributed by atoms with Gasteiger partial charge < -0.3 is 15.1 Å². The van der Waals surface area contributed by atoms with E-state index in [9.17, 15) is 18.0 Å². The lowest BCUT2D eigenvalue weighted by atomic mass is 9.82. The molecule has 3 atom stereocenters. The summed E-state index contributed by atoms with van der Waals surface area (Å²) in [7, 11) is 0. The second-order valence-corrected chi connectivity index (χ2v) is 9.34. The topological polar surface area (TPSA) is 35.6 Å². The number of para-hydroxylation sites is 1. The Kier molecular flexibility index (Phi) is 6.17. The predicted octanol–water partition coefficient (Wildman–Crippen LogP) is 5.45. The Labute approximate surface area is 203 Å². The summed E-state index contributed by atoms with van der Waals surface area (Å²) in [6.07, 6.45) is -4.14. The monoisotopic (exact) mass is 479 g/mol. The molecule has 0 unspecified atom stereocenters. The second kappa shape index (κ2) is 9.29. The molecule has 0 radical (unpaired) electrons. The Morgan fingerprint density at radius 1 is 0.971 bits per heavy atom. The van der Waals surface area contributed by atoms with Gasteiger partial charge in [0, 0.05) is 31.0 Å². The van der Waals surface area contributed by atoms with E-state index in [1.807, 2.05) is 55.5 Å². The van der Waals surface area contributed by atoms with Gasteiger partial charge in [-0.15, -0.1) is 0 Å². The van der Waals surface area contributed by atoms with Crippen LogP contribution in [0.15, 0.2) is 78.9 Å². The normalized spacial score (nSPS) is 20.6. The first-order valence-electron chi connectivity index (χ1n) is 11.9. The molecule has 0 saturated carbocycles. The van der Waals surface area contributed by atoms with E-state index in [1.165, 1.54) is 6.07 Å². The van der Waals surface area contributed by atoms with Gasteiger partial charge in [-0.2, -0.15) is 13.2 Å². The van der Waals surface area contributed by atoms with Crippen LogP contribution >= 0.6 is 0 Å². The van der Waals surface area contributed by atoms with Crippen molar-refractivity contribution in [1.29, 1.82) is 0 Å². The number of hydrogen-bond acceptors (Lipinski definition) is 3. The first kappa shape index (κ1) is 23.3. The molecule has 1 amide bonds. The number of anilines is 2.